The predicted molar refractivity (Wildman–Crippen MR) is 64.2 cm³/mol. The van der Waals surface area contributed by atoms with Gasteiger partial charge in [-0.3, -0.25) is 4.98 Å². The van der Waals surface area contributed by atoms with Gasteiger partial charge in [-0.25, -0.2) is 0 Å². The number of ether oxygens (including phenoxy) is 1. The van der Waals surface area contributed by atoms with Crippen LogP contribution in [0.2, 0.25) is 0 Å². The maximum absolute atomic E-state index is 5.61. The van der Waals surface area contributed by atoms with E-state index in [1.165, 1.54) is 0 Å². The first-order chi connectivity index (χ1) is 7.88. The number of hydrogen-bond donors (Lipinski definition) is 1. The third-order valence-electron chi connectivity index (χ3n) is 2.75. The number of aromatic nitrogens is 1. The van der Waals surface area contributed by atoms with E-state index in [0.29, 0.717) is 13.2 Å². The Kier molecular flexibility index (Phi) is 2.11. The lowest BCUT2D eigenvalue weighted by molar-refractivity contribution is 0.359. The summed E-state index contributed by atoms with van der Waals surface area (Å²) >= 11 is 0. The van der Waals surface area contributed by atoms with Crippen LogP contribution in [-0.4, -0.2) is 11.6 Å². The molecule has 1 aromatic heterocycles. The molecule has 0 aliphatic carbocycles. The van der Waals surface area contributed by atoms with Crippen LogP contribution in [0.5, 0.6) is 5.75 Å². The van der Waals surface area contributed by atoms with Crippen LogP contribution in [0.1, 0.15) is 11.3 Å². The molecule has 2 N–H and O–H groups in total. The molecule has 3 nitrogen and oxygen atoms in total. The molecular weight excluding hydrogens is 200 g/mol. The molecule has 0 saturated carbocycles. The van der Waals surface area contributed by atoms with Crippen molar-refractivity contribution in [3.8, 4) is 5.75 Å². The van der Waals surface area contributed by atoms with Gasteiger partial charge in [0.15, 0.2) is 0 Å². The third-order valence-corrected chi connectivity index (χ3v) is 2.75. The van der Waals surface area contributed by atoms with E-state index in [9.17, 15) is 0 Å². The first-order valence-corrected chi connectivity index (χ1v) is 5.30. The van der Waals surface area contributed by atoms with Crippen LogP contribution in [0.4, 0.5) is 0 Å². The van der Waals surface area contributed by atoms with Crippen molar-refractivity contribution < 1.29 is 4.74 Å². The van der Waals surface area contributed by atoms with Gasteiger partial charge in [0.1, 0.15) is 12.4 Å². The summed E-state index contributed by atoms with van der Waals surface area (Å²) in [6.07, 6.45) is 4.06. The molecule has 0 radical (unpaired) electrons. The fourth-order valence-electron chi connectivity index (χ4n) is 1.94. The Hall–Kier alpha value is -1.87. The van der Waals surface area contributed by atoms with E-state index in [2.05, 4.69) is 11.1 Å². The number of hydrogen-bond acceptors (Lipinski definition) is 3. The number of rotatable bonds is 1. The van der Waals surface area contributed by atoms with Crippen molar-refractivity contribution in [1.82, 2.24) is 4.98 Å². The molecule has 0 amide bonds. The Balaban J connectivity index is 2.33. The van der Waals surface area contributed by atoms with Crippen LogP contribution in [-0.2, 0) is 6.54 Å². The van der Waals surface area contributed by atoms with Gasteiger partial charge in [0.25, 0.3) is 0 Å². The molecule has 0 atom stereocenters. The first kappa shape index (κ1) is 9.36. The van der Waals surface area contributed by atoms with Crippen molar-refractivity contribution in [2.75, 3.05) is 6.61 Å². The standard InChI is InChI=1S/C13H12N2O/c14-8-10-5-3-9-4-6-12-11(13(9)15-10)2-1-7-16-12/h1-6H,7-8,14H2. The summed E-state index contributed by atoms with van der Waals surface area (Å²) in [7, 11) is 0. The smallest absolute Gasteiger partial charge is 0.129 e. The second kappa shape index (κ2) is 3.61. The van der Waals surface area contributed by atoms with Crippen LogP contribution in [0.3, 0.4) is 0 Å². The lowest BCUT2D eigenvalue weighted by Crippen LogP contribution is -2.03. The minimum atomic E-state index is 0.462. The van der Waals surface area contributed by atoms with Crippen molar-refractivity contribution in [2.45, 2.75) is 6.54 Å². The molecule has 3 heteroatoms. The van der Waals surface area contributed by atoms with Gasteiger partial charge in [-0.05, 0) is 30.4 Å². The van der Waals surface area contributed by atoms with Gasteiger partial charge >= 0.3 is 0 Å². The SMILES string of the molecule is NCc1ccc2ccc3c(c2n1)C=CCO3. The first-order valence-electron chi connectivity index (χ1n) is 5.30. The van der Waals surface area contributed by atoms with Crippen LogP contribution in [0.25, 0.3) is 17.0 Å². The zero-order valence-electron chi connectivity index (χ0n) is 8.81. The number of nitrogens with two attached hydrogens (primary N) is 1. The average Bonchev–Trinajstić information content (AvgIpc) is 2.38. The number of benzene rings is 1. The van der Waals surface area contributed by atoms with E-state index in [-0.39, 0.29) is 0 Å². The molecule has 0 bridgehead atoms. The summed E-state index contributed by atoms with van der Waals surface area (Å²) in [4.78, 5) is 4.55. The van der Waals surface area contributed by atoms with Crippen molar-refractivity contribution in [3.63, 3.8) is 0 Å². The van der Waals surface area contributed by atoms with E-state index in [1.54, 1.807) is 0 Å². The Bertz CT molecular complexity index is 575. The highest BCUT2D eigenvalue weighted by atomic mass is 16.5. The van der Waals surface area contributed by atoms with Gasteiger partial charge in [-0.15, -0.1) is 0 Å². The largest absolute Gasteiger partial charge is 0.489 e. The highest BCUT2D eigenvalue weighted by molar-refractivity contribution is 5.90. The van der Waals surface area contributed by atoms with Gasteiger partial charge in [-0.2, -0.15) is 0 Å². The molecule has 16 heavy (non-hydrogen) atoms. The Morgan fingerprint density at radius 3 is 3.00 bits per heavy atom. The molecular formula is C13H12N2O. The van der Waals surface area contributed by atoms with Gasteiger partial charge in [0.2, 0.25) is 0 Å². The van der Waals surface area contributed by atoms with Crippen LogP contribution in [0, 0.1) is 0 Å². The molecule has 0 spiro atoms. The minimum Gasteiger partial charge on any atom is -0.489 e. The summed E-state index contributed by atoms with van der Waals surface area (Å²) in [6.45, 7) is 1.10. The maximum Gasteiger partial charge on any atom is 0.129 e. The van der Waals surface area contributed by atoms with Crippen LogP contribution < -0.4 is 10.5 Å². The van der Waals surface area contributed by atoms with E-state index in [0.717, 1.165) is 27.9 Å². The molecule has 1 aliphatic heterocycles. The van der Waals surface area contributed by atoms with Gasteiger partial charge in [0, 0.05) is 17.5 Å². The van der Waals surface area contributed by atoms with Crippen molar-refractivity contribution in [2.24, 2.45) is 5.73 Å². The molecule has 0 unspecified atom stereocenters. The summed E-state index contributed by atoms with van der Waals surface area (Å²) in [5.41, 5.74) is 8.53. The zero-order chi connectivity index (χ0) is 11.0. The van der Waals surface area contributed by atoms with Gasteiger partial charge in [-0.1, -0.05) is 6.07 Å². The quantitative estimate of drug-likeness (QED) is 0.787. The van der Waals surface area contributed by atoms with Crippen LogP contribution in [0.15, 0.2) is 30.3 Å². The topological polar surface area (TPSA) is 48.1 Å². The Labute approximate surface area is 93.6 Å². The maximum atomic E-state index is 5.61. The summed E-state index contributed by atoms with van der Waals surface area (Å²) in [5.74, 6) is 0.900. The van der Waals surface area contributed by atoms with Gasteiger partial charge < -0.3 is 10.5 Å². The summed E-state index contributed by atoms with van der Waals surface area (Å²) in [5, 5.41) is 1.12. The molecule has 2 heterocycles. The van der Waals surface area contributed by atoms with Gasteiger partial charge in [0.05, 0.1) is 11.2 Å². The molecule has 1 aliphatic rings. The van der Waals surface area contributed by atoms with Crippen molar-refractivity contribution in [3.05, 3.63) is 41.6 Å². The zero-order valence-corrected chi connectivity index (χ0v) is 8.81. The molecule has 3 rings (SSSR count). The molecule has 1 aromatic carbocycles. The Morgan fingerprint density at radius 1 is 1.25 bits per heavy atom. The van der Waals surface area contributed by atoms with Crippen molar-refractivity contribution >= 4 is 17.0 Å². The average molecular weight is 212 g/mol. The van der Waals surface area contributed by atoms with Crippen LogP contribution >= 0.6 is 0 Å². The van der Waals surface area contributed by atoms with Crippen molar-refractivity contribution in [1.29, 1.82) is 0 Å². The Morgan fingerprint density at radius 2 is 2.12 bits per heavy atom. The number of pyridine rings is 1. The summed E-state index contributed by atoms with van der Waals surface area (Å²) < 4.78 is 5.55. The highest BCUT2D eigenvalue weighted by Gasteiger charge is 2.10. The second-order valence-corrected chi connectivity index (χ2v) is 3.77. The van der Waals surface area contributed by atoms with E-state index >= 15 is 0 Å². The fourth-order valence-corrected chi connectivity index (χ4v) is 1.94. The summed E-state index contributed by atoms with van der Waals surface area (Å²) in [6, 6.07) is 8.03. The van der Waals surface area contributed by atoms with E-state index < -0.39 is 0 Å². The third kappa shape index (κ3) is 1.37. The lowest BCUT2D eigenvalue weighted by atomic mass is 10.1. The highest BCUT2D eigenvalue weighted by Crippen LogP contribution is 2.30. The number of fused-ring (bicyclic) bond motifs is 3. The molecule has 0 fully saturated rings. The molecule has 0 saturated heterocycles. The minimum absolute atomic E-state index is 0.462. The fraction of sp³-hybridized carbons (Fsp3) is 0.154. The predicted octanol–water partition coefficient (Wildman–Crippen LogP) is 2.10. The monoisotopic (exact) mass is 212 g/mol. The number of nitrogens with zero attached hydrogens (tertiary/aromatic N) is 1. The lowest BCUT2D eigenvalue weighted by Gasteiger charge is -2.14. The van der Waals surface area contributed by atoms with E-state index in [4.69, 9.17) is 10.5 Å². The second-order valence-electron chi connectivity index (χ2n) is 3.77. The molecule has 80 valence electrons. The van der Waals surface area contributed by atoms with E-state index in [1.807, 2.05) is 30.3 Å². The molecule has 2 aromatic rings. The normalized spacial score (nSPS) is 13.6.